The summed E-state index contributed by atoms with van der Waals surface area (Å²) in [6.45, 7) is 1.96. The smallest absolute Gasteiger partial charge is 0.329 e. The molecule has 7 heteroatoms. The van der Waals surface area contributed by atoms with Crippen molar-refractivity contribution < 1.29 is 4.52 Å². The van der Waals surface area contributed by atoms with E-state index in [-0.39, 0.29) is 12.1 Å². The summed E-state index contributed by atoms with van der Waals surface area (Å²) >= 11 is 1.35. The van der Waals surface area contributed by atoms with E-state index in [2.05, 4.69) is 10.1 Å². The number of nitrogens with one attached hydrogen (secondary N) is 1. The zero-order valence-electron chi connectivity index (χ0n) is 15.8. The van der Waals surface area contributed by atoms with Crippen molar-refractivity contribution in [3.8, 4) is 11.3 Å². The van der Waals surface area contributed by atoms with E-state index < -0.39 is 5.69 Å². The van der Waals surface area contributed by atoms with Gasteiger partial charge in [0.1, 0.15) is 11.5 Å². The highest BCUT2D eigenvalue weighted by Crippen LogP contribution is 2.25. The molecule has 0 bridgehead atoms. The first-order chi connectivity index (χ1) is 14.1. The summed E-state index contributed by atoms with van der Waals surface area (Å²) < 4.78 is 6.62. The first-order valence-electron chi connectivity index (χ1n) is 9.13. The normalized spacial score (nSPS) is 10.9. The number of nitrogens with zero attached hydrogens (tertiary/aromatic N) is 2. The Bertz CT molecular complexity index is 1230. The average Bonchev–Trinajstić information content (AvgIpc) is 3.23. The molecule has 2 heterocycles. The molecular weight excluding hydrogens is 386 g/mol. The summed E-state index contributed by atoms with van der Waals surface area (Å²) in [7, 11) is 0. The Morgan fingerprint density at radius 1 is 1.03 bits per heavy atom. The van der Waals surface area contributed by atoms with Crippen LogP contribution in [0.1, 0.15) is 16.9 Å². The fraction of sp³-hybridized carbons (Fsp3) is 0.136. The van der Waals surface area contributed by atoms with Gasteiger partial charge in [0.2, 0.25) is 0 Å². The number of H-pyrrole nitrogens is 1. The first-order valence-corrected chi connectivity index (χ1v) is 10.1. The lowest BCUT2D eigenvalue weighted by molar-refractivity contribution is 0.397. The van der Waals surface area contributed by atoms with Crippen LogP contribution in [0.25, 0.3) is 11.3 Å². The number of rotatable bonds is 6. The monoisotopic (exact) mass is 405 g/mol. The van der Waals surface area contributed by atoms with Crippen molar-refractivity contribution in [1.29, 1.82) is 0 Å². The predicted octanol–water partition coefficient (Wildman–Crippen LogP) is 3.84. The molecular formula is C22H19N3O3S. The fourth-order valence-electron chi connectivity index (χ4n) is 2.97. The predicted molar refractivity (Wildman–Crippen MR) is 113 cm³/mol. The van der Waals surface area contributed by atoms with Crippen molar-refractivity contribution in [1.82, 2.24) is 14.7 Å². The molecule has 0 aliphatic carbocycles. The van der Waals surface area contributed by atoms with Crippen molar-refractivity contribution in [3.05, 3.63) is 104 Å². The van der Waals surface area contributed by atoms with E-state index in [1.807, 2.05) is 66.7 Å². The highest BCUT2D eigenvalue weighted by atomic mass is 32.2. The van der Waals surface area contributed by atoms with Gasteiger partial charge >= 0.3 is 5.69 Å². The van der Waals surface area contributed by atoms with Gasteiger partial charge < -0.3 is 9.51 Å². The Balaban J connectivity index is 1.52. The second-order valence-corrected chi connectivity index (χ2v) is 7.58. The van der Waals surface area contributed by atoms with E-state index in [0.29, 0.717) is 22.1 Å². The van der Waals surface area contributed by atoms with E-state index in [9.17, 15) is 9.59 Å². The third kappa shape index (κ3) is 4.25. The largest absolute Gasteiger partial charge is 0.360 e. The number of aromatic nitrogens is 3. The minimum atomic E-state index is -0.422. The maximum Gasteiger partial charge on any atom is 0.329 e. The molecule has 2 aromatic carbocycles. The van der Waals surface area contributed by atoms with Crippen molar-refractivity contribution in [2.75, 3.05) is 0 Å². The Kier molecular flexibility index (Phi) is 5.48. The quantitative estimate of drug-likeness (QED) is 0.389. The van der Waals surface area contributed by atoms with Crippen LogP contribution < -0.4 is 11.2 Å². The Labute approximate surface area is 171 Å². The highest BCUT2D eigenvalue weighted by Gasteiger charge is 2.13. The van der Waals surface area contributed by atoms with Crippen molar-refractivity contribution in [2.24, 2.45) is 0 Å². The number of thioether (sulfide) groups is 1. The highest BCUT2D eigenvalue weighted by molar-refractivity contribution is 7.98. The van der Waals surface area contributed by atoms with Gasteiger partial charge in [0.15, 0.2) is 0 Å². The molecule has 4 aromatic rings. The summed E-state index contributed by atoms with van der Waals surface area (Å²) in [6.07, 6.45) is 0. The zero-order valence-corrected chi connectivity index (χ0v) is 16.6. The minimum Gasteiger partial charge on any atom is -0.360 e. The van der Waals surface area contributed by atoms with Gasteiger partial charge in [-0.2, -0.15) is 0 Å². The van der Waals surface area contributed by atoms with Crippen LogP contribution in [0.5, 0.6) is 0 Å². The number of hydrogen-bond acceptors (Lipinski definition) is 5. The SMILES string of the molecule is Cc1c(SCc2cc(-c3ccccc3)no2)[nH]c(=O)n(Cc2ccccc2)c1=O. The molecule has 0 amide bonds. The van der Waals surface area contributed by atoms with Crippen LogP contribution in [0.4, 0.5) is 0 Å². The van der Waals surface area contributed by atoms with Crippen LogP contribution in [-0.2, 0) is 12.3 Å². The standard InChI is InChI=1S/C22H19N3O3S/c1-15-20(23-22(27)25(21(15)26)13-16-8-4-2-5-9-16)29-14-18-12-19(24-28-18)17-10-6-3-7-11-17/h2-12H,13-14H2,1H3,(H,23,27). The molecule has 6 nitrogen and oxygen atoms in total. The molecule has 0 fully saturated rings. The van der Waals surface area contributed by atoms with Crippen LogP contribution >= 0.6 is 11.8 Å². The molecule has 0 saturated carbocycles. The van der Waals surface area contributed by atoms with Crippen LogP contribution in [0.2, 0.25) is 0 Å². The number of aromatic amines is 1. The summed E-state index contributed by atoms with van der Waals surface area (Å²) in [6, 6.07) is 21.1. The molecule has 146 valence electrons. The Hall–Kier alpha value is -3.32. The van der Waals surface area contributed by atoms with Gasteiger partial charge in [-0.1, -0.05) is 77.6 Å². The average molecular weight is 405 g/mol. The maximum atomic E-state index is 12.7. The Morgan fingerprint density at radius 2 is 1.72 bits per heavy atom. The lowest BCUT2D eigenvalue weighted by Crippen LogP contribution is -2.37. The van der Waals surface area contributed by atoms with Crippen LogP contribution in [0.3, 0.4) is 0 Å². The molecule has 0 atom stereocenters. The minimum absolute atomic E-state index is 0.239. The molecule has 2 aromatic heterocycles. The molecule has 1 N–H and O–H groups in total. The summed E-state index contributed by atoms with van der Waals surface area (Å²) in [4.78, 5) is 28.0. The summed E-state index contributed by atoms with van der Waals surface area (Å²) in [5.74, 6) is 1.13. The van der Waals surface area contributed by atoms with Gasteiger partial charge in [-0.15, -0.1) is 0 Å². The second kappa shape index (κ2) is 8.36. The van der Waals surface area contributed by atoms with Crippen molar-refractivity contribution in [3.63, 3.8) is 0 Å². The van der Waals surface area contributed by atoms with E-state index in [0.717, 1.165) is 16.8 Å². The molecule has 4 rings (SSSR count). The first kappa shape index (κ1) is 19.0. The molecule has 0 aliphatic heterocycles. The third-order valence-corrected chi connectivity index (χ3v) is 5.67. The van der Waals surface area contributed by atoms with Crippen molar-refractivity contribution in [2.45, 2.75) is 24.2 Å². The van der Waals surface area contributed by atoms with E-state index in [4.69, 9.17) is 4.52 Å². The zero-order chi connectivity index (χ0) is 20.2. The molecule has 0 radical (unpaired) electrons. The molecule has 0 aliphatic rings. The fourth-order valence-corrected chi connectivity index (χ4v) is 3.86. The number of hydrogen-bond donors (Lipinski definition) is 1. The van der Waals surface area contributed by atoms with Crippen LogP contribution in [0.15, 0.2) is 85.9 Å². The van der Waals surface area contributed by atoms with E-state index in [1.54, 1.807) is 6.92 Å². The topological polar surface area (TPSA) is 80.9 Å². The van der Waals surface area contributed by atoms with Gasteiger partial charge in [0, 0.05) is 17.2 Å². The van der Waals surface area contributed by atoms with Gasteiger partial charge in [0.05, 0.1) is 17.3 Å². The second-order valence-electron chi connectivity index (χ2n) is 6.59. The molecule has 29 heavy (non-hydrogen) atoms. The van der Waals surface area contributed by atoms with Gasteiger partial charge in [0.25, 0.3) is 5.56 Å². The summed E-state index contributed by atoms with van der Waals surface area (Å²) in [5.41, 5.74) is 2.42. The van der Waals surface area contributed by atoms with Crippen LogP contribution in [0, 0.1) is 6.92 Å². The lowest BCUT2D eigenvalue weighted by atomic mass is 10.1. The molecule has 0 saturated heterocycles. The molecule has 0 unspecified atom stereocenters. The van der Waals surface area contributed by atoms with Gasteiger partial charge in [-0.25, -0.2) is 4.79 Å². The van der Waals surface area contributed by atoms with Crippen molar-refractivity contribution >= 4 is 11.8 Å². The van der Waals surface area contributed by atoms with Crippen LogP contribution in [-0.4, -0.2) is 14.7 Å². The summed E-state index contributed by atoms with van der Waals surface area (Å²) in [5, 5.41) is 4.63. The third-order valence-electron chi connectivity index (χ3n) is 4.54. The van der Waals surface area contributed by atoms with Gasteiger partial charge in [-0.3, -0.25) is 9.36 Å². The van der Waals surface area contributed by atoms with E-state index >= 15 is 0 Å². The molecule has 0 spiro atoms. The maximum absolute atomic E-state index is 12.7. The van der Waals surface area contributed by atoms with Gasteiger partial charge in [-0.05, 0) is 12.5 Å². The number of benzene rings is 2. The lowest BCUT2D eigenvalue weighted by Gasteiger charge is -2.09. The van der Waals surface area contributed by atoms with E-state index in [1.165, 1.54) is 16.3 Å². The Morgan fingerprint density at radius 3 is 2.45 bits per heavy atom.